The maximum Gasteiger partial charge on any atom is 0.0459 e. The van der Waals surface area contributed by atoms with Crippen molar-refractivity contribution in [3.63, 3.8) is 0 Å². The summed E-state index contributed by atoms with van der Waals surface area (Å²) in [5, 5.41) is 5.01. The number of aromatic amines is 1. The lowest BCUT2D eigenvalue weighted by atomic mass is 10.0. The zero-order valence-electron chi connectivity index (χ0n) is 15.1. The van der Waals surface area contributed by atoms with Gasteiger partial charge in [0, 0.05) is 35.6 Å². The molecule has 0 fully saturated rings. The molecule has 26 heavy (non-hydrogen) atoms. The number of fused-ring (bicyclic) bond motifs is 1. The number of hydrogen-bond donors (Lipinski definition) is 2. The quantitative estimate of drug-likeness (QED) is 0.469. The Morgan fingerprint density at radius 1 is 0.808 bits per heavy atom. The standard InChI is InChI=1S/C24H24N2/c1-18(20-12-6-3-7-13-20)25-17-22-21-14-8-9-15-23(21)26-24(22)16-19-10-4-2-5-11-19/h2-15,18,25-26H,16-17H2,1H3/t18-/m0/s1. The summed E-state index contributed by atoms with van der Waals surface area (Å²) in [5.74, 6) is 0. The Bertz CT molecular complexity index is 971. The maximum atomic E-state index is 3.70. The fraction of sp³-hybridized carbons (Fsp3) is 0.167. The normalized spacial score (nSPS) is 12.3. The zero-order chi connectivity index (χ0) is 17.8. The van der Waals surface area contributed by atoms with Gasteiger partial charge < -0.3 is 10.3 Å². The van der Waals surface area contributed by atoms with Gasteiger partial charge in [-0.25, -0.2) is 0 Å². The van der Waals surface area contributed by atoms with Crippen LogP contribution in [0.4, 0.5) is 0 Å². The molecule has 0 aliphatic heterocycles. The SMILES string of the molecule is C[C@H](NCc1c(Cc2ccccc2)[nH]c2ccccc12)c1ccccc1. The van der Waals surface area contributed by atoms with Crippen molar-refractivity contribution in [1.29, 1.82) is 0 Å². The van der Waals surface area contributed by atoms with E-state index in [2.05, 4.69) is 102 Å². The molecule has 0 spiro atoms. The predicted molar refractivity (Wildman–Crippen MR) is 109 cm³/mol. The van der Waals surface area contributed by atoms with Crippen molar-refractivity contribution in [2.75, 3.05) is 0 Å². The largest absolute Gasteiger partial charge is 0.358 e. The fourth-order valence-electron chi connectivity index (χ4n) is 3.52. The number of H-pyrrole nitrogens is 1. The third-order valence-electron chi connectivity index (χ3n) is 5.01. The zero-order valence-corrected chi connectivity index (χ0v) is 15.1. The van der Waals surface area contributed by atoms with E-state index in [-0.39, 0.29) is 0 Å². The lowest BCUT2D eigenvalue weighted by molar-refractivity contribution is 0.574. The summed E-state index contributed by atoms with van der Waals surface area (Å²) in [7, 11) is 0. The van der Waals surface area contributed by atoms with Crippen molar-refractivity contribution < 1.29 is 0 Å². The molecule has 0 amide bonds. The summed E-state index contributed by atoms with van der Waals surface area (Å²) in [6, 6.07) is 30.2. The second-order valence-corrected chi connectivity index (χ2v) is 6.80. The Kier molecular flexibility index (Phi) is 4.85. The number of para-hydroxylation sites is 1. The summed E-state index contributed by atoms with van der Waals surface area (Å²) < 4.78 is 0. The van der Waals surface area contributed by atoms with E-state index >= 15 is 0 Å². The minimum absolute atomic E-state index is 0.314. The van der Waals surface area contributed by atoms with Crippen LogP contribution in [0.25, 0.3) is 10.9 Å². The second-order valence-electron chi connectivity index (χ2n) is 6.80. The lowest BCUT2D eigenvalue weighted by Crippen LogP contribution is -2.18. The smallest absolute Gasteiger partial charge is 0.0459 e. The van der Waals surface area contributed by atoms with Gasteiger partial charge in [0.05, 0.1) is 0 Å². The average Bonchev–Trinajstić information content (AvgIpc) is 3.04. The van der Waals surface area contributed by atoms with E-state index in [1.807, 2.05) is 0 Å². The van der Waals surface area contributed by atoms with E-state index in [0.29, 0.717) is 6.04 Å². The first-order chi connectivity index (χ1) is 12.8. The van der Waals surface area contributed by atoms with Gasteiger partial charge in [0.15, 0.2) is 0 Å². The molecule has 0 saturated carbocycles. The van der Waals surface area contributed by atoms with E-state index < -0.39 is 0 Å². The molecule has 3 aromatic carbocycles. The topological polar surface area (TPSA) is 27.8 Å². The highest BCUT2D eigenvalue weighted by Gasteiger charge is 2.13. The van der Waals surface area contributed by atoms with Crippen molar-refractivity contribution in [1.82, 2.24) is 10.3 Å². The average molecular weight is 340 g/mol. The van der Waals surface area contributed by atoms with Gasteiger partial charge in [-0.15, -0.1) is 0 Å². The van der Waals surface area contributed by atoms with E-state index in [0.717, 1.165) is 13.0 Å². The van der Waals surface area contributed by atoms with Gasteiger partial charge in [-0.05, 0) is 29.7 Å². The monoisotopic (exact) mass is 340 g/mol. The van der Waals surface area contributed by atoms with Crippen molar-refractivity contribution in [3.8, 4) is 0 Å². The van der Waals surface area contributed by atoms with E-state index in [4.69, 9.17) is 0 Å². The molecule has 4 aromatic rings. The lowest BCUT2D eigenvalue weighted by Gasteiger charge is -2.15. The molecular weight excluding hydrogens is 316 g/mol. The molecule has 0 radical (unpaired) electrons. The first-order valence-electron chi connectivity index (χ1n) is 9.22. The minimum Gasteiger partial charge on any atom is -0.358 e. The van der Waals surface area contributed by atoms with Gasteiger partial charge in [0.2, 0.25) is 0 Å². The van der Waals surface area contributed by atoms with Gasteiger partial charge in [-0.1, -0.05) is 78.9 Å². The maximum absolute atomic E-state index is 3.70. The van der Waals surface area contributed by atoms with Crippen LogP contribution in [0.15, 0.2) is 84.9 Å². The van der Waals surface area contributed by atoms with Crippen LogP contribution in [0, 0.1) is 0 Å². The first-order valence-corrected chi connectivity index (χ1v) is 9.22. The summed E-state index contributed by atoms with van der Waals surface area (Å²) in [4.78, 5) is 3.64. The molecule has 2 N–H and O–H groups in total. The molecule has 2 nitrogen and oxygen atoms in total. The molecule has 0 aliphatic rings. The Hall–Kier alpha value is -2.84. The first kappa shape index (κ1) is 16.6. The molecule has 1 aromatic heterocycles. The summed E-state index contributed by atoms with van der Waals surface area (Å²) >= 11 is 0. The summed E-state index contributed by atoms with van der Waals surface area (Å²) in [6.45, 7) is 3.07. The molecule has 0 bridgehead atoms. The molecular formula is C24H24N2. The Morgan fingerprint density at radius 3 is 2.23 bits per heavy atom. The highest BCUT2D eigenvalue weighted by atomic mass is 14.9. The molecule has 2 heteroatoms. The molecule has 0 unspecified atom stereocenters. The van der Waals surface area contributed by atoms with E-state index in [1.54, 1.807) is 0 Å². The van der Waals surface area contributed by atoms with E-state index in [9.17, 15) is 0 Å². The second kappa shape index (κ2) is 7.59. The number of nitrogens with one attached hydrogen (secondary N) is 2. The Labute approximate surface area is 154 Å². The number of rotatable bonds is 6. The third-order valence-corrected chi connectivity index (χ3v) is 5.01. The van der Waals surface area contributed by atoms with Crippen LogP contribution in [-0.2, 0) is 13.0 Å². The number of benzene rings is 3. The third kappa shape index (κ3) is 3.56. The van der Waals surface area contributed by atoms with Crippen LogP contribution >= 0.6 is 0 Å². The van der Waals surface area contributed by atoms with Gasteiger partial charge >= 0.3 is 0 Å². The fourth-order valence-corrected chi connectivity index (χ4v) is 3.52. The summed E-state index contributed by atoms with van der Waals surface area (Å²) in [6.07, 6.45) is 0.923. The van der Waals surface area contributed by atoms with Crippen molar-refractivity contribution in [3.05, 3.63) is 107 Å². The van der Waals surface area contributed by atoms with Crippen LogP contribution in [0.2, 0.25) is 0 Å². The molecule has 1 heterocycles. The van der Waals surface area contributed by atoms with Crippen molar-refractivity contribution in [2.45, 2.75) is 25.9 Å². The molecule has 0 saturated heterocycles. The Morgan fingerprint density at radius 2 is 1.46 bits per heavy atom. The van der Waals surface area contributed by atoms with Crippen LogP contribution in [0.1, 0.15) is 35.3 Å². The van der Waals surface area contributed by atoms with Crippen molar-refractivity contribution >= 4 is 10.9 Å². The van der Waals surface area contributed by atoms with Crippen LogP contribution < -0.4 is 5.32 Å². The minimum atomic E-state index is 0.314. The Balaban J connectivity index is 1.61. The summed E-state index contributed by atoms with van der Waals surface area (Å²) in [5.41, 5.74) is 6.52. The van der Waals surface area contributed by atoms with Crippen LogP contribution in [-0.4, -0.2) is 4.98 Å². The highest BCUT2D eigenvalue weighted by molar-refractivity contribution is 5.84. The number of aromatic nitrogens is 1. The van der Waals surface area contributed by atoms with Gasteiger partial charge in [0.1, 0.15) is 0 Å². The molecule has 0 aliphatic carbocycles. The van der Waals surface area contributed by atoms with Crippen LogP contribution in [0.3, 0.4) is 0 Å². The predicted octanol–water partition coefficient (Wildman–Crippen LogP) is 5.61. The van der Waals surface area contributed by atoms with E-state index in [1.165, 1.54) is 33.3 Å². The molecule has 130 valence electrons. The van der Waals surface area contributed by atoms with Gasteiger partial charge in [-0.3, -0.25) is 0 Å². The number of hydrogen-bond acceptors (Lipinski definition) is 1. The van der Waals surface area contributed by atoms with Crippen LogP contribution in [0.5, 0.6) is 0 Å². The van der Waals surface area contributed by atoms with Gasteiger partial charge in [-0.2, -0.15) is 0 Å². The van der Waals surface area contributed by atoms with Gasteiger partial charge in [0.25, 0.3) is 0 Å². The van der Waals surface area contributed by atoms with Crippen molar-refractivity contribution in [2.24, 2.45) is 0 Å². The highest BCUT2D eigenvalue weighted by Crippen LogP contribution is 2.25. The molecule has 4 rings (SSSR count). The molecule has 1 atom stereocenters.